The summed E-state index contributed by atoms with van der Waals surface area (Å²) >= 11 is 0. The Morgan fingerprint density at radius 3 is 2.33 bits per heavy atom. The van der Waals surface area contributed by atoms with Crippen LogP contribution in [0.3, 0.4) is 0 Å². The van der Waals surface area contributed by atoms with E-state index in [1.165, 1.54) is 6.42 Å². The van der Waals surface area contributed by atoms with Crippen molar-refractivity contribution in [2.75, 3.05) is 31.1 Å². The highest BCUT2D eigenvalue weighted by Gasteiger charge is 2.75. The Labute approximate surface area is 249 Å². The van der Waals surface area contributed by atoms with E-state index in [-0.39, 0.29) is 30.4 Å². The fourth-order valence-electron chi connectivity index (χ4n) is 8.33. The van der Waals surface area contributed by atoms with Crippen LogP contribution in [0.15, 0.2) is 54.6 Å². The van der Waals surface area contributed by atoms with E-state index < -0.39 is 29.1 Å². The zero-order valence-electron chi connectivity index (χ0n) is 24.8. The van der Waals surface area contributed by atoms with Gasteiger partial charge >= 0.3 is 0 Å². The van der Waals surface area contributed by atoms with Gasteiger partial charge in [-0.2, -0.15) is 0 Å². The van der Waals surface area contributed by atoms with Crippen molar-refractivity contribution in [3.05, 3.63) is 54.6 Å². The number of likely N-dealkylation sites (tertiary alicyclic amines) is 1. The highest BCUT2D eigenvalue weighted by molar-refractivity contribution is 6.04. The molecule has 1 aliphatic carbocycles. The van der Waals surface area contributed by atoms with Crippen molar-refractivity contribution in [1.29, 1.82) is 0 Å². The highest BCUT2D eigenvalue weighted by Crippen LogP contribution is 2.59. The number of unbranched alkanes of at least 4 members (excludes halogenated alkanes) is 3. The number of aliphatic hydroxyl groups excluding tert-OH is 1. The summed E-state index contributed by atoms with van der Waals surface area (Å²) in [7, 11) is 0. The number of carbonyl (C=O) groups is 3. The molecule has 1 aromatic rings. The number of anilines is 1. The van der Waals surface area contributed by atoms with Crippen LogP contribution in [0.1, 0.15) is 71.1 Å². The van der Waals surface area contributed by atoms with E-state index in [4.69, 9.17) is 4.74 Å². The lowest BCUT2D eigenvalue weighted by atomic mass is 9.73. The van der Waals surface area contributed by atoms with Crippen LogP contribution < -0.4 is 4.90 Å². The molecule has 1 saturated carbocycles. The first-order valence-electron chi connectivity index (χ1n) is 16.1. The van der Waals surface area contributed by atoms with Crippen molar-refractivity contribution in [2.45, 2.75) is 94.4 Å². The fraction of sp³-hybridized carbons (Fsp3) is 0.618. The van der Waals surface area contributed by atoms with Crippen LogP contribution in [-0.2, 0) is 19.1 Å². The van der Waals surface area contributed by atoms with Crippen LogP contribution in [0.2, 0.25) is 0 Å². The van der Waals surface area contributed by atoms with E-state index in [1.54, 1.807) is 9.80 Å². The summed E-state index contributed by atoms with van der Waals surface area (Å²) in [6.45, 7) is 3.50. The molecule has 4 aliphatic heterocycles. The molecule has 1 spiro atoms. The minimum atomic E-state index is -1.21. The fourth-order valence-corrected chi connectivity index (χ4v) is 8.33. The number of nitrogens with zero attached hydrogens (tertiary/aromatic N) is 3. The number of aliphatic hydroxyl groups is 1. The van der Waals surface area contributed by atoms with E-state index in [0.29, 0.717) is 26.1 Å². The first kappa shape index (κ1) is 29.1. The second-order valence-electron chi connectivity index (χ2n) is 12.7. The number of para-hydroxylation sites is 1. The molecule has 3 amide bonds. The molecule has 5 atom stereocenters. The molecule has 0 radical (unpaired) electrons. The lowest BCUT2D eigenvalue weighted by Gasteiger charge is -2.40. The Bertz CT molecular complexity index is 1230. The third-order valence-electron chi connectivity index (χ3n) is 10.4. The Hall–Kier alpha value is -2.97. The SMILES string of the molecule is CC[C@@]12C=CCN(c3ccccc3)C(=O)[C@@H]1[C@H]1C(=O)N(CCCCCCO)C3C(=O)N(C4CCCCC4)CC=C[C@@]31O2. The van der Waals surface area contributed by atoms with E-state index >= 15 is 0 Å². The zero-order chi connectivity index (χ0) is 29.3. The van der Waals surface area contributed by atoms with Gasteiger partial charge in [0.05, 0.1) is 17.4 Å². The third-order valence-corrected chi connectivity index (χ3v) is 10.4. The molecule has 5 aliphatic rings. The maximum atomic E-state index is 14.7. The van der Waals surface area contributed by atoms with Gasteiger partial charge in [0.15, 0.2) is 0 Å². The summed E-state index contributed by atoms with van der Waals surface area (Å²) in [6, 6.07) is 8.97. The molecule has 8 nitrogen and oxygen atoms in total. The largest absolute Gasteiger partial charge is 0.396 e. The molecule has 1 N–H and O–H groups in total. The second-order valence-corrected chi connectivity index (χ2v) is 12.7. The highest BCUT2D eigenvalue weighted by atomic mass is 16.5. The summed E-state index contributed by atoms with van der Waals surface area (Å²) in [5.41, 5.74) is -1.39. The van der Waals surface area contributed by atoms with Gasteiger partial charge in [0.25, 0.3) is 0 Å². The maximum absolute atomic E-state index is 14.7. The molecule has 0 aromatic heterocycles. The van der Waals surface area contributed by atoms with Crippen LogP contribution in [0, 0.1) is 11.8 Å². The Kier molecular flexibility index (Phi) is 8.29. The summed E-state index contributed by atoms with van der Waals surface area (Å²) in [4.78, 5) is 49.4. The van der Waals surface area contributed by atoms with Crippen LogP contribution in [0.5, 0.6) is 0 Å². The Morgan fingerprint density at radius 2 is 1.60 bits per heavy atom. The summed E-state index contributed by atoms with van der Waals surface area (Å²) in [5.74, 6) is -1.84. The first-order valence-corrected chi connectivity index (χ1v) is 16.1. The number of ether oxygens (including phenoxy) is 1. The van der Waals surface area contributed by atoms with Gasteiger partial charge in [0, 0.05) is 38.0 Å². The van der Waals surface area contributed by atoms with Crippen LogP contribution in [-0.4, -0.2) is 82.2 Å². The first-order chi connectivity index (χ1) is 20.5. The van der Waals surface area contributed by atoms with Gasteiger partial charge in [-0.1, -0.05) is 81.5 Å². The number of hydrogen-bond donors (Lipinski definition) is 1. The lowest BCUT2D eigenvalue weighted by Crippen LogP contribution is -2.57. The van der Waals surface area contributed by atoms with Crippen molar-refractivity contribution >= 4 is 23.4 Å². The summed E-state index contributed by atoms with van der Waals surface area (Å²) < 4.78 is 7.12. The second kappa shape index (κ2) is 12.0. The molecule has 0 bridgehead atoms. The smallest absolute Gasteiger partial charge is 0.249 e. The van der Waals surface area contributed by atoms with E-state index in [1.807, 2.05) is 66.5 Å². The number of amides is 3. The quantitative estimate of drug-likeness (QED) is 0.352. The molecule has 4 heterocycles. The predicted molar refractivity (Wildman–Crippen MR) is 161 cm³/mol. The molecule has 2 saturated heterocycles. The van der Waals surface area contributed by atoms with Gasteiger partial charge in [-0.15, -0.1) is 0 Å². The van der Waals surface area contributed by atoms with Gasteiger partial charge < -0.3 is 24.5 Å². The molecular formula is C34H45N3O5. The van der Waals surface area contributed by atoms with E-state index in [0.717, 1.165) is 57.1 Å². The average Bonchev–Trinajstić information content (AvgIpc) is 3.30. The molecule has 1 aromatic carbocycles. The van der Waals surface area contributed by atoms with Crippen LogP contribution in [0.25, 0.3) is 0 Å². The van der Waals surface area contributed by atoms with Gasteiger partial charge in [-0.25, -0.2) is 0 Å². The average molecular weight is 576 g/mol. The molecule has 8 heteroatoms. The molecule has 3 fully saturated rings. The number of fused-ring (bicyclic) bond motifs is 2. The topological polar surface area (TPSA) is 90.4 Å². The summed E-state index contributed by atoms with van der Waals surface area (Å²) in [5, 5.41) is 9.23. The van der Waals surface area contributed by atoms with E-state index in [2.05, 4.69) is 0 Å². The van der Waals surface area contributed by atoms with E-state index in [9.17, 15) is 19.5 Å². The lowest BCUT2D eigenvalue weighted by molar-refractivity contribution is -0.154. The maximum Gasteiger partial charge on any atom is 0.249 e. The Balaban J connectivity index is 1.41. The monoisotopic (exact) mass is 575 g/mol. The predicted octanol–water partition coefficient (Wildman–Crippen LogP) is 4.23. The van der Waals surface area contributed by atoms with Gasteiger partial charge in [0.1, 0.15) is 11.6 Å². The van der Waals surface area contributed by atoms with Gasteiger partial charge in [0.2, 0.25) is 17.7 Å². The molecule has 226 valence electrons. The van der Waals surface area contributed by atoms with Crippen molar-refractivity contribution in [1.82, 2.24) is 9.80 Å². The van der Waals surface area contributed by atoms with Crippen LogP contribution >= 0.6 is 0 Å². The number of carbonyl (C=O) groups excluding carboxylic acids is 3. The molecular weight excluding hydrogens is 530 g/mol. The normalized spacial score (nSPS) is 33.0. The summed E-state index contributed by atoms with van der Waals surface area (Å²) in [6.07, 6.45) is 17.1. The van der Waals surface area contributed by atoms with Gasteiger partial charge in [-0.05, 0) is 44.2 Å². The van der Waals surface area contributed by atoms with Crippen molar-refractivity contribution < 1.29 is 24.2 Å². The van der Waals surface area contributed by atoms with Gasteiger partial charge in [-0.3, -0.25) is 14.4 Å². The Morgan fingerprint density at radius 1 is 0.857 bits per heavy atom. The number of rotatable bonds is 9. The minimum absolute atomic E-state index is 0.0443. The molecule has 42 heavy (non-hydrogen) atoms. The van der Waals surface area contributed by atoms with Crippen molar-refractivity contribution in [3.63, 3.8) is 0 Å². The number of hydrogen-bond acceptors (Lipinski definition) is 5. The van der Waals surface area contributed by atoms with Crippen molar-refractivity contribution in [3.8, 4) is 0 Å². The number of benzene rings is 1. The standard InChI is InChI=1S/C34H45N3O5/c1-2-33-19-13-22-35(25-15-7-5-8-16-25)30(39)27(33)28-31(40)37(21-11-3-4-12-24-38)29-32(41)36(26-17-9-6-10-18-26)23-14-20-34(28,29)42-33/h5,7-8,13-16,19-20,26-29,38H,2-4,6,9-12,17-18,21-24H2,1H3/t27-,28-,29?,33+,34-/m0/s1. The third kappa shape index (κ3) is 4.71. The minimum Gasteiger partial charge on any atom is -0.396 e. The molecule has 1 unspecified atom stereocenters. The van der Waals surface area contributed by atoms with Crippen LogP contribution in [0.4, 0.5) is 5.69 Å². The zero-order valence-corrected chi connectivity index (χ0v) is 24.8. The van der Waals surface area contributed by atoms with Crippen molar-refractivity contribution in [2.24, 2.45) is 11.8 Å². The molecule has 6 rings (SSSR count).